The third kappa shape index (κ3) is 1.94. The number of hydrogen-bond acceptors (Lipinski definition) is 4. The minimum absolute atomic E-state index is 0.225. The Kier molecular flexibility index (Phi) is 3.28. The van der Waals surface area contributed by atoms with E-state index in [1.54, 1.807) is 24.3 Å². The number of rotatable bonds is 2. The quantitative estimate of drug-likeness (QED) is 0.786. The number of aryl methyl sites for hydroxylation is 1. The Morgan fingerprint density at radius 3 is 2.42 bits per heavy atom. The Morgan fingerprint density at radius 1 is 1.08 bits per heavy atom. The average Bonchev–Trinajstić information content (AvgIpc) is 3.10. The first-order chi connectivity index (χ1) is 11.5. The van der Waals surface area contributed by atoms with Gasteiger partial charge in [0.25, 0.3) is 5.91 Å². The lowest BCUT2D eigenvalue weighted by atomic mass is 9.81. The lowest BCUT2D eigenvalue weighted by Crippen LogP contribution is -2.38. The van der Waals surface area contributed by atoms with E-state index in [0.29, 0.717) is 16.3 Å². The summed E-state index contributed by atoms with van der Waals surface area (Å²) in [6.45, 7) is 2.19. The highest BCUT2D eigenvalue weighted by atomic mass is 35.5. The van der Waals surface area contributed by atoms with Gasteiger partial charge in [-0.2, -0.15) is 10.2 Å². The highest BCUT2D eigenvalue weighted by molar-refractivity contribution is 6.31. The number of fused-ring (bicyclic) bond motifs is 1. The van der Waals surface area contributed by atoms with Crippen LogP contribution in [0.5, 0.6) is 0 Å². The number of halogens is 1. The molecular weight excluding hydrogens is 326 g/mol. The van der Waals surface area contributed by atoms with E-state index in [2.05, 4.69) is 10.2 Å². The van der Waals surface area contributed by atoms with Gasteiger partial charge in [0, 0.05) is 5.02 Å². The highest BCUT2D eigenvalue weighted by Gasteiger charge is 2.63. The third-order valence-corrected chi connectivity index (χ3v) is 4.87. The standard InChI is InChI=1S/C18H14ClN3O2/c1-11-2-4-12(5-3-11)18-15(10-20-21-18)16(23)22(17(18)24)14-8-6-13(19)7-9-14/h2-9,15H,10H2,1H3. The lowest BCUT2D eigenvalue weighted by Gasteiger charge is -2.22. The van der Waals surface area contributed by atoms with E-state index < -0.39 is 11.5 Å². The van der Waals surface area contributed by atoms with Gasteiger partial charge in [-0.15, -0.1) is 0 Å². The van der Waals surface area contributed by atoms with Crippen molar-refractivity contribution >= 4 is 29.1 Å². The molecule has 24 heavy (non-hydrogen) atoms. The zero-order valence-corrected chi connectivity index (χ0v) is 13.7. The van der Waals surface area contributed by atoms with Crippen LogP contribution in [0.4, 0.5) is 5.69 Å². The summed E-state index contributed by atoms with van der Waals surface area (Å²) in [5, 5.41) is 8.81. The number of hydrogen-bond donors (Lipinski definition) is 0. The van der Waals surface area contributed by atoms with Gasteiger partial charge >= 0.3 is 0 Å². The zero-order valence-electron chi connectivity index (χ0n) is 12.9. The van der Waals surface area contributed by atoms with Crippen LogP contribution in [-0.4, -0.2) is 18.4 Å². The third-order valence-electron chi connectivity index (χ3n) is 4.62. The Labute approximate surface area is 143 Å². The zero-order chi connectivity index (χ0) is 16.9. The van der Waals surface area contributed by atoms with Gasteiger partial charge in [0.15, 0.2) is 5.54 Å². The molecule has 0 bridgehead atoms. The van der Waals surface area contributed by atoms with Crippen LogP contribution in [0.25, 0.3) is 0 Å². The number of carbonyl (C=O) groups excluding carboxylic acids is 2. The van der Waals surface area contributed by atoms with Crippen LogP contribution in [0.3, 0.4) is 0 Å². The number of azo groups is 1. The van der Waals surface area contributed by atoms with Gasteiger partial charge in [0.1, 0.15) is 5.92 Å². The molecule has 2 atom stereocenters. The summed E-state index contributed by atoms with van der Waals surface area (Å²) in [4.78, 5) is 27.3. The molecule has 0 saturated carbocycles. The van der Waals surface area contributed by atoms with Gasteiger partial charge in [-0.1, -0.05) is 41.4 Å². The molecule has 2 unspecified atom stereocenters. The van der Waals surface area contributed by atoms with E-state index in [4.69, 9.17) is 11.6 Å². The van der Waals surface area contributed by atoms with Crippen molar-refractivity contribution in [2.75, 3.05) is 11.4 Å². The van der Waals surface area contributed by atoms with E-state index in [0.717, 1.165) is 5.56 Å². The number of carbonyl (C=O) groups is 2. The molecule has 1 saturated heterocycles. The van der Waals surface area contributed by atoms with Crippen LogP contribution in [0.2, 0.25) is 5.02 Å². The molecule has 5 nitrogen and oxygen atoms in total. The molecule has 2 aliphatic heterocycles. The second-order valence-electron chi connectivity index (χ2n) is 6.06. The molecule has 0 spiro atoms. The maximum Gasteiger partial charge on any atom is 0.269 e. The lowest BCUT2D eigenvalue weighted by molar-refractivity contribution is -0.123. The Morgan fingerprint density at radius 2 is 1.75 bits per heavy atom. The molecule has 2 heterocycles. The van der Waals surface area contributed by atoms with E-state index >= 15 is 0 Å². The smallest absolute Gasteiger partial charge is 0.269 e. The van der Waals surface area contributed by atoms with Gasteiger partial charge in [0.2, 0.25) is 5.91 Å². The molecule has 120 valence electrons. The molecule has 1 fully saturated rings. The first-order valence-corrected chi connectivity index (χ1v) is 8.01. The number of nitrogens with zero attached hydrogens (tertiary/aromatic N) is 3. The van der Waals surface area contributed by atoms with Crippen molar-refractivity contribution < 1.29 is 9.59 Å². The Balaban J connectivity index is 1.84. The monoisotopic (exact) mass is 339 g/mol. The second-order valence-corrected chi connectivity index (χ2v) is 6.50. The number of anilines is 1. The number of amides is 2. The van der Waals surface area contributed by atoms with Crippen LogP contribution >= 0.6 is 11.6 Å². The topological polar surface area (TPSA) is 62.1 Å². The predicted molar refractivity (Wildman–Crippen MR) is 90.0 cm³/mol. The van der Waals surface area contributed by atoms with Crippen molar-refractivity contribution in [2.45, 2.75) is 12.5 Å². The van der Waals surface area contributed by atoms with Crippen molar-refractivity contribution in [3.63, 3.8) is 0 Å². The molecule has 0 aromatic heterocycles. The normalized spacial score (nSPS) is 25.4. The van der Waals surface area contributed by atoms with Gasteiger partial charge < -0.3 is 0 Å². The fourth-order valence-corrected chi connectivity index (χ4v) is 3.46. The molecule has 2 amide bonds. The van der Waals surface area contributed by atoms with Crippen LogP contribution in [0.15, 0.2) is 58.8 Å². The molecule has 2 aromatic carbocycles. The second kappa shape index (κ2) is 5.24. The average molecular weight is 340 g/mol. The maximum atomic E-state index is 13.2. The van der Waals surface area contributed by atoms with Crippen molar-refractivity contribution in [1.82, 2.24) is 0 Å². The molecular formula is C18H14ClN3O2. The van der Waals surface area contributed by atoms with Crippen molar-refractivity contribution in [2.24, 2.45) is 16.1 Å². The molecule has 0 N–H and O–H groups in total. The largest absolute Gasteiger partial charge is 0.273 e. The summed E-state index contributed by atoms with van der Waals surface area (Å²) >= 11 is 5.90. The van der Waals surface area contributed by atoms with Gasteiger partial charge in [-0.3, -0.25) is 9.59 Å². The Hall–Kier alpha value is -2.53. The summed E-state index contributed by atoms with van der Waals surface area (Å²) in [6.07, 6.45) is 0. The first kappa shape index (κ1) is 15.0. The van der Waals surface area contributed by atoms with Crippen LogP contribution in [0.1, 0.15) is 11.1 Å². The summed E-state index contributed by atoms with van der Waals surface area (Å²) < 4.78 is 0. The molecule has 2 aromatic rings. The SMILES string of the molecule is Cc1ccc(C23N=NCC2C(=O)N(c2ccc(Cl)cc2)C3=O)cc1. The molecule has 2 aliphatic rings. The number of imide groups is 1. The van der Waals surface area contributed by atoms with Crippen LogP contribution in [-0.2, 0) is 15.1 Å². The van der Waals surface area contributed by atoms with E-state index in [1.165, 1.54) is 4.90 Å². The van der Waals surface area contributed by atoms with Gasteiger partial charge in [-0.05, 0) is 36.8 Å². The van der Waals surface area contributed by atoms with Gasteiger partial charge in [0.05, 0.1) is 12.2 Å². The molecule has 6 heteroatoms. The maximum absolute atomic E-state index is 13.2. The fraction of sp³-hybridized carbons (Fsp3) is 0.222. The predicted octanol–water partition coefficient (Wildman–Crippen LogP) is 3.50. The van der Waals surface area contributed by atoms with Crippen molar-refractivity contribution in [3.05, 3.63) is 64.7 Å². The van der Waals surface area contributed by atoms with Crippen LogP contribution in [0, 0.1) is 12.8 Å². The van der Waals surface area contributed by atoms with Crippen LogP contribution < -0.4 is 4.90 Å². The summed E-state index contributed by atoms with van der Waals surface area (Å²) in [6, 6.07) is 14.2. The van der Waals surface area contributed by atoms with E-state index in [1.807, 2.05) is 31.2 Å². The number of benzene rings is 2. The highest BCUT2D eigenvalue weighted by Crippen LogP contribution is 2.47. The fourth-order valence-electron chi connectivity index (χ4n) is 3.34. The molecule has 0 radical (unpaired) electrons. The molecule has 4 rings (SSSR count). The summed E-state index contributed by atoms with van der Waals surface area (Å²) in [7, 11) is 0. The summed E-state index contributed by atoms with van der Waals surface area (Å²) in [5.41, 5.74) is 1.04. The van der Waals surface area contributed by atoms with E-state index in [-0.39, 0.29) is 18.4 Å². The first-order valence-electron chi connectivity index (χ1n) is 7.64. The Bertz CT molecular complexity index is 861. The van der Waals surface area contributed by atoms with Crippen molar-refractivity contribution in [1.29, 1.82) is 0 Å². The van der Waals surface area contributed by atoms with Crippen molar-refractivity contribution in [3.8, 4) is 0 Å². The summed E-state index contributed by atoms with van der Waals surface area (Å²) in [5.74, 6) is -1.22. The van der Waals surface area contributed by atoms with E-state index in [9.17, 15) is 9.59 Å². The van der Waals surface area contributed by atoms with Gasteiger partial charge in [-0.25, -0.2) is 4.90 Å². The minimum atomic E-state index is -1.25. The molecule has 0 aliphatic carbocycles. The minimum Gasteiger partial charge on any atom is -0.273 e.